The molecule has 3 rings (SSSR count). The molecule has 1 radical (unpaired) electrons. The van der Waals surface area contributed by atoms with Gasteiger partial charge in [-0.05, 0) is 0 Å². The van der Waals surface area contributed by atoms with E-state index in [9.17, 15) is 37.1 Å². The largest absolute Gasteiger partial charge is 0.471 e. The first-order valence-electron chi connectivity index (χ1n) is 10.1. The number of aromatic nitrogens is 4. The number of nitrogens with one attached hydrogen (secondary N) is 3. The van der Waals surface area contributed by atoms with Gasteiger partial charge >= 0.3 is 30.0 Å². The van der Waals surface area contributed by atoms with Crippen molar-refractivity contribution in [2.75, 3.05) is 6.61 Å². The molecule has 1 amide bonds. The number of H-pyrrole nitrogens is 2. The Balaban J connectivity index is 2.15. The number of fused-ring (bicyclic) bond motifs is 1. The highest BCUT2D eigenvalue weighted by atomic mass is 19.4. The maximum atomic E-state index is 13.2. The van der Waals surface area contributed by atoms with Gasteiger partial charge in [0.05, 0.1) is 0 Å². The van der Waals surface area contributed by atoms with Crippen molar-refractivity contribution in [1.29, 1.82) is 0 Å². The molecule has 1 aliphatic heterocycles. The Kier molecular flexibility index (Phi) is 7.61. The molecule has 1 aliphatic rings. The summed E-state index contributed by atoms with van der Waals surface area (Å²) in [4.78, 5) is 71.4. The fraction of sp³-hybridized carbons (Fsp3) is 0.526. The number of ether oxygens (including phenoxy) is 4. The summed E-state index contributed by atoms with van der Waals surface area (Å²) in [5.41, 5.74) is -1.14. The van der Waals surface area contributed by atoms with Crippen LogP contribution in [0, 0.1) is 6.33 Å². The minimum absolute atomic E-state index is 0.124. The van der Waals surface area contributed by atoms with Crippen LogP contribution < -0.4 is 10.9 Å². The number of imidazole rings is 1. The van der Waals surface area contributed by atoms with Gasteiger partial charge in [-0.15, -0.1) is 0 Å². The Bertz CT molecular complexity index is 1230. The van der Waals surface area contributed by atoms with Gasteiger partial charge in [0.1, 0.15) is 30.7 Å². The zero-order valence-corrected chi connectivity index (χ0v) is 18.8. The van der Waals surface area contributed by atoms with E-state index in [1.165, 1.54) is 0 Å². The maximum Gasteiger partial charge on any atom is 0.471 e. The molecule has 0 spiro atoms. The van der Waals surface area contributed by atoms with Crippen molar-refractivity contribution in [2.24, 2.45) is 0 Å². The number of carbonyl (C=O) groups excluding carboxylic acids is 4. The Hall–Kier alpha value is -4.02. The number of carbonyl (C=O) groups is 4. The Morgan fingerprint density at radius 2 is 1.72 bits per heavy atom. The van der Waals surface area contributed by atoms with E-state index in [0.717, 1.165) is 20.8 Å². The van der Waals surface area contributed by atoms with Crippen molar-refractivity contribution in [3.63, 3.8) is 0 Å². The van der Waals surface area contributed by atoms with E-state index >= 15 is 0 Å². The summed E-state index contributed by atoms with van der Waals surface area (Å²) in [6, 6.07) is -1.86. The minimum Gasteiger partial charge on any atom is -0.463 e. The molecule has 3 N–H and O–H groups in total. The van der Waals surface area contributed by atoms with E-state index in [-0.39, 0.29) is 17.0 Å². The number of aromatic amines is 2. The van der Waals surface area contributed by atoms with E-state index in [4.69, 9.17) is 18.9 Å². The lowest BCUT2D eigenvalue weighted by Crippen LogP contribution is -2.64. The fourth-order valence-electron chi connectivity index (χ4n) is 3.51. The molecular formula is C19H19F3N5O9. The summed E-state index contributed by atoms with van der Waals surface area (Å²) in [6.07, 6.45) is -9.65. The lowest BCUT2D eigenvalue weighted by Gasteiger charge is -2.44. The van der Waals surface area contributed by atoms with Gasteiger partial charge < -0.3 is 34.2 Å². The van der Waals surface area contributed by atoms with Crippen LogP contribution in [0.3, 0.4) is 0 Å². The van der Waals surface area contributed by atoms with E-state index < -0.39 is 72.6 Å². The average molecular weight is 518 g/mol. The van der Waals surface area contributed by atoms with Crippen LogP contribution in [0.5, 0.6) is 0 Å². The summed E-state index contributed by atoms with van der Waals surface area (Å²) >= 11 is 0. The lowest BCUT2D eigenvalue weighted by atomic mass is 9.91. The molecule has 14 nitrogen and oxygen atoms in total. The third kappa shape index (κ3) is 5.96. The summed E-state index contributed by atoms with van der Waals surface area (Å²) in [7, 11) is 0. The molecule has 5 atom stereocenters. The number of hydrogen-bond acceptors (Lipinski definition) is 11. The predicted molar refractivity (Wildman–Crippen MR) is 107 cm³/mol. The van der Waals surface area contributed by atoms with Crippen LogP contribution in [0.2, 0.25) is 0 Å². The highest BCUT2D eigenvalue weighted by molar-refractivity contribution is 5.82. The topological polar surface area (TPSA) is 192 Å². The van der Waals surface area contributed by atoms with E-state index in [2.05, 4.69) is 26.3 Å². The van der Waals surface area contributed by atoms with Crippen molar-refractivity contribution in [1.82, 2.24) is 25.3 Å². The Labute approximate surface area is 198 Å². The second kappa shape index (κ2) is 10.3. The van der Waals surface area contributed by atoms with Gasteiger partial charge in [-0.2, -0.15) is 13.2 Å². The van der Waals surface area contributed by atoms with Gasteiger partial charge in [0.15, 0.2) is 29.7 Å². The number of alkyl halides is 3. The first-order valence-corrected chi connectivity index (χ1v) is 10.1. The quantitative estimate of drug-likeness (QED) is 0.325. The normalized spacial score (nSPS) is 24.1. The van der Waals surface area contributed by atoms with Gasteiger partial charge in [0, 0.05) is 20.8 Å². The molecule has 3 heterocycles. The third-order valence-corrected chi connectivity index (χ3v) is 4.83. The first-order chi connectivity index (χ1) is 16.8. The minimum atomic E-state index is -5.36. The van der Waals surface area contributed by atoms with Crippen LogP contribution in [-0.2, 0) is 38.1 Å². The van der Waals surface area contributed by atoms with Crippen molar-refractivity contribution in [3.05, 3.63) is 22.5 Å². The number of hydrogen-bond donors (Lipinski definition) is 3. The molecule has 36 heavy (non-hydrogen) atoms. The van der Waals surface area contributed by atoms with Crippen molar-refractivity contribution >= 4 is 35.0 Å². The number of esters is 3. The van der Waals surface area contributed by atoms with Gasteiger partial charge in [-0.3, -0.25) is 24.0 Å². The molecule has 1 fully saturated rings. The molecule has 1 saturated heterocycles. The van der Waals surface area contributed by atoms with Gasteiger partial charge in [0.2, 0.25) is 0 Å². The van der Waals surface area contributed by atoms with E-state index in [1.54, 1.807) is 5.32 Å². The van der Waals surface area contributed by atoms with Crippen LogP contribution in [-0.4, -0.2) is 80.9 Å². The molecule has 0 unspecified atom stereocenters. The second-order valence-corrected chi connectivity index (χ2v) is 7.54. The average Bonchev–Trinajstić information content (AvgIpc) is 3.19. The molecule has 0 aliphatic carbocycles. The number of nitrogens with zero attached hydrogens (tertiary/aromatic N) is 2. The van der Waals surface area contributed by atoms with Crippen LogP contribution in [0.25, 0.3) is 11.2 Å². The number of halogens is 3. The van der Waals surface area contributed by atoms with E-state index in [1.807, 2.05) is 0 Å². The Morgan fingerprint density at radius 3 is 2.28 bits per heavy atom. The number of amides is 1. The predicted octanol–water partition coefficient (Wildman–Crippen LogP) is -0.640. The van der Waals surface area contributed by atoms with Crippen molar-refractivity contribution < 1.29 is 51.3 Å². The fourth-order valence-corrected chi connectivity index (χ4v) is 3.51. The zero-order chi connectivity index (χ0) is 26.8. The molecule has 17 heteroatoms. The highest BCUT2D eigenvalue weighted by Gasteiger charge is 2.54. The highest BCUT2D eigenvalue weighted by Crippen LogP contribution is 2.35. The molecule has 0 bridgehead atoms. The van der Waals surface area contributed by atoms with Crippen LogP contribution in [0.1, 0.15) is 32.7 Å². The van der Waals surface area contributed by atoms with Crippen LogP contribution in [0.4, 0.5) is 13.2 Å². The van der Waals surface area contributed by atoms with Crippen molar-refractivity contribution in [3.8, 4) is 0 Å². The van der Waals surface area contributed by atoms with Crippen LogP contribution in [0.15, 0.2) is 4.79 Å². The molecule has 0 aromatic carbocycles. The van der Waals surface area contributed by atoms with Gasteiger partial charge in [0.25, 0.3) is 5.56 Å². The summed E-state index contributed by atoms with van der Waals surface area (Å²) in [6.45, 7) is 2.37. The second-order valence-electron chi connectivity index (χ2n) is 7.54. The molecule has 195 valence electrons. The summed E-state index contributed by atoms with van der Waals surface area (Å²) in [5.74, 6) is -5.46. The lowest BCUT2D eigenvalue weighted by molar-refractivity contribution is -0.228. The first kappa shape index (κ1) is 26.6. The maximum absolute atomic E-state index is 13.2. The summed E-state index contributed by atoms with van der Waals surface area (Å²) < 4.78 is 60.4. The molecular weight excluding hydrogens is 499 g/mol. The number of rotatable bonds is 6. The molecule has 2 aromatic rings. The van der Waals surface area contributed by atoms with E-state index in [0.29, 0.717) is 0 Å². The standard InChI is InChI=1S/C19H19F3N5O9/c1-6(28)33-4-9-12(34-7(2)29)13(35-8(3)30)10(26-18(32)19(20,21)22)14(36-9)16-25-11-15(27-16)23-5-24-17(11)31/h9-10,12-14H,4H2,1-3H3,(H,26,32)(H2,23,24,25,27,31)/t9-,10-,12-,13-,14-/m1/s1. The van der Waals surface area contributed by atoms with Gasteiger partial charge in [-0.1, -0.05) is 0 Å². The van der Waals surface area contributed by atoms with Gasteiger partial charge in [-0.25, -0.2) is 9.97 Å². The third-order valence-electron chi connectivity index (χ3n) is 4.83. The monoisotopic (exact) mass is 518 g/mol. The molecule has 0 saturated carbocycles. The van der Waals surface area contributed by atoms with Crippen molar-refractivity contribution in [2.45, 2.75) is 57.4 Å². The SMILES string of the molecule is CC(=O)OC[C@H]1O[C@@H](c2nc3c(=O)[nH][c]nc3[nH]2)[C@H](NC(=O)C(F)(F)F)[C@@H](OC(C)=O)[C@@H]1OC(C)=O. The molecule has 2 aromatic heterocycles. The zero-order valence-electron chi connectivity index (χ0n) is 18.8. The smallest absolute Gasteiger partial charge is 0.463 e. The summed E-state index contributed by atoms with van der Waals surface area (Å²) in [5, 5.41) is 1.67. The van der Waals surface area contributed by atoms with Crippen LogP contribution >= 0.6 is 0 Å². The Morgan fingerprint density at radius 1 is 1.08 bits per heavy atom.